The van der Waals surface area contributed by atoms with E-state index >= 15 is 0 Å². The zero-order valence-corrected chi connectivity index (χ0v) is 17.3. The van der Waals surface area contributed by atoms with Crippen LogP contribution in [0.3, 0.4) is 0 Å². The van der Waals surface area contributed by atoms with Crippen molar-refractivity contribution in [3.63, 3.8) is 0 Å². The molecule has 1 aromatic rings. The molecular formula is C22H26NO6+. The van der Waals surface area contributed by atoms with Crippen molar-refractivity contribution < 1.29 is 28.5 Å². The maximum Gasteiger partial charge on any atom is 0.370 e. The molecule has 1 saturated carbocycles. The normalized spacial score (nSPS) is 36.0. The first-order valence-corrected chi connectivity index (χ1v) is 9.86. The molecule has 4 unspecified atom stereocenters. The van der Waals surface area contributed by atoms with Crippen molar-refractivity contribution in [1.82, 2.24) is 4.90 Å². The number of ketones is 2. The highest BCUT2D eigenvalue weighted by Gasteiger charge is 2.82. The van der Waals surface area contributed by atoms with E-state index in [9.17, 15) is 9.90 Å². The van der Waals surface area contributed by atoms with Crippen LogP contribution in [0, 0.1) is 11.8 Å². The number of fused-ring (bicyclic) bond motifs is 2. The van der Waals surface area contributed by atoms with Crippen LogP contribution in [-0.4, -0.2) is 69.3 Å². The molecule has 3 aliphatic carbocycles. The fourth-order valence-electron chi connectivity index (χ4n) is 6.28. The van der Waals surface area contributed by atoms with Crippen LogP contribution in [0.4, 0.5) is 0 Å². The van der Waals surface area contributed by atoms with Gasteiger partial charge in [0.25, 0.3) is 12.9 Å². The number of hydrogen-bond donors (Lipinski definition) is 1. The summed E-state index contributed by atoms with van der Waals surface area (Å²) >= 11 is 0. The van der Waals surface area contributed by atoms with Crippen molar-refractivity contribution in [3.05, 3.63) is 28.8 Å². The third kappa shape index (κ3) is 2.00. The molecule has 2 bridgehead atoms. The molecule has 29 heavy (non-hydrogen) atoms. The Kier molecular flexibility index (Phi) is 3.89. The molecule has 1 spiro atoms. The summed E-state index contributed by atoms with van der Waals surface area (Å²) in [5.41, 5.74) is 2.63. The number of nitrogens with zero attached hydrogens (tertiary/aromatic N) is 1. The van der Waals surface area contributed by atoms with Gasteiger partial charge in [-0.15, -0.1) is 0 Å². The van der Waals surface area contributed by atoms with Crippen LogP contribution in [-0.2, 0) is 21.1 Å². The number of rotatable bonds is 3. The van der Waals surface area contributed by atoms with E-state index in [2.05, 4.69) is 0 Å². The fourth-order valence-corrected chi connectivity index (χ4v) is 6.28. The van der Waals surface area contributed by atoms with Gasteiger partial charge in [-0.2, -0.15) is 0 Å². The molecule has 1 N–H and O–H groups in total. The van der Waals surface area contributed by atoms with Crippen LogP contribution in [0.15, 0.2) is 17.7 Å². The van der Waals surface area contributed by atoms with Crippen LogP contribution in [0.1, 0.15) is 17.5 Å². The van der Waals surface area contributed by atoms with E-state index in [1.165, 1.54) is 7.11 Å². The van der Waals surface area contributed by atoms with E-state index in [0.29, 0.717) is 23.0 Å². The van der Waals surface area contributed by atoms with E-state index in [0.717, 1.165) is 29.5 Å². The second-order valence-corrected chi connectivity index (χ2v) is 8.22. The third-order valence-corrected chi connectivity index (χ3v) is 7.38. The molecule has 7 nitrogen and oxygen atoms in total. The number of hydrogen-bond acceptors (Lipinski definition) is 6. The van der Waals surface area contributed by atoms with Gasteiger partial charge in [-0.3, -0.25) is 14.1 Å². The van der Waals surface area contributed by atoms with Gasteiger partial charge in [0, 0.05) is 22.9 Å². The Morgan fingerprint density at radius 3 is 2.55 bits per heavy atom. The Morgan fingerprint density at radius 1 is 1.21 bits per heavy atom. The lowest BCUT2D eigenvalue weighted by Crippen LogP contribution is -2.50. The van der Waals surface area contributed by atoms with Crippen LogP contribution in [0.5, 0.6) is 17.2 Å². The number of allylic oxidation sites excluding steroid dienone is 1. The van der Waals surface area contributed by atoms with Crippen molar-refractivity contribution in [2.24, 2.45) is 11.8 Å². The van der Waals surface area contributed by atoms with Crippen molar-refractivity contribution in [3.8, 4) is 17.2 Å². The Labute approximate surface area is 169 Å². The first kappa shape index (κ1) is 18.6. The van der Waals surface area contributed by atoms with Crippen LogP contribution in [0.25, 0.3) is 0 Å². The Morgan fingerprint density at radius 2 is 1.93 bits per heavy atom. The van der Waals surface area contributed by atoms with Gasteiger partial charge in [-0.25, -0.2) is 0 Å². The molecule has 1 heterocycles. The number of aliphatic hydroxyl groups is 1. The van der Waals surface area contributed by atoms with E-state index < -0.39 is 11.6 Å². The Balaban J connectivity index is 1.88. The number of benzene rings is 1. The predicted octanol–water partition coefficient (Wildman–Crippen LogP) is 1.02. The standard InChI is InChI=1S/C22H26NO6/c1-23-12-7-6-10-8-14(26-2)19(28-4)20(29-5)15(10)22-11(12)9-13(24)18(27-3)16(22)17(22)21(23)25/h8-9,12,16-17,21,25H,6-7H2,1-5H3/q+1/t12-,16?,17?,21?,22?/m0/s1. The molecule has 0 radical (unpaired) electrons. The van der Waals surface area contributed by atoms with Gasteiger partial charge in [-0.05, 0) is 43.2 Å². The average Bonchev–Trinajstić information content (AvgIpc) is 3.43. The SMILES string of the molecule is COc1cc2c(c(OC)c1OC)C13C4=CC(=O)C(=[O+]C)C1C3C(O)N(C)[C@H]4CC2. The highest BCUT2D eigenvalue weighted by atomic mass is 16.5. The van der Waals surface area contributed by atoms with Gasteiger partial charge in [0.2, 0.25) is 5.75 Å². The maximum absolute atomic E-state index is 12.8. The second kappa shape index (κ2) is 6.06. The molecule has 154 valence electrons. The van der Waals surface area contributed by atoms with Gasteiger partial charge < -0.3 is 19.3 Å². The van der Waals surface area contributed by atoms with E-state index in [4.69, 9.17) is 18.6 Å². The molecule has 5 atom stereocenters. The van der Waals surface area contributed by atoms with Gasteiger partial charge >= 0.3 is 5.78 Å². The summed E-state index contributed by atoms with van der Waals surface area (Å²) < 4.78 is 22.7. The van der Waals surface area contributed by atoms with Crippen molar-refractivity contribution >= 4 is 11.6 Å². The summed E-state index contributed by atoms with van der Waals surface area (Å²) in [6.07, 6.45) is 2.63. The van der Waals surface area contributed by atoms with Gasteiger partial charge in [0.05, 0.1) is 21.3 Å². The number of aryl methyl sites for hydroxylation is 1. The molecule has 1 saturated heterocycles. The monoisotopic (exact) mass is 400 g/mol. The third-order valence-electron chi connectivity index (χ3n) is 7.38. The van der Waals surface area contributed by atoms with Crippen LogP contribution >= 0.6 is 0 Å². The van der Waals surface area contributed by atoms with Crippen molar-refractivity contribution in [2.75, 3.05) is 35.5 Å². The minimum atomic E-state index is -0.679. The molecule has 1 aliphatic heterocycles. The number of carbonyl (C=O) groups is 1. The van der Waals surface area contributed by atoms with E-state index in [-0.39, 0.29) is 23.7 Å². The molecule has 7 heteroatoms. The summed E-state index contributed by atoms with van der Waals surface area (Å²) in [5, 5.41) is 11.2. The van der Waals surface area contributed by atoms with Crippen molar-refractivity contribution in [1.29, 1.82) is 0 Å². The molecule has 4 aliphatic rings. The Hall–Kier alpha value is -2.38. The highest BCUT2D eigenvalue weighted by Crippen LogP contribution is 2.74. The maximum atomic E-state index is 12.8. The topological polar surface area (TPSA) is 79.5 Å². The van der Waals surface area contributed by atoms with Crippen LogP contribution < -0.4 is 14.2 Å². The number of aliphatic hydroxyl groups excluding tert-OH is 1. The lowest BCUT2D eigenvalue weighted by atomic mass is 9.74. The first-order valence-electron chi connectivity index (χ1n) is 9.86. The second-order valence-electron chi connectivity index (χ2n) is 8.22. The highest BCUT2D eigenvalue weighted by molar-refractivity contribution is 6.45. The lowest BCUT2D eigenvalue weighted by Gasteiger charge is -2.41. The number of likely N-dealkylation sites (tertiary alicyclic amines) is 1. The van der Waals surface area contributed by atoms with Gasteiger partial charge in [0.15, 0.2) is 11.5 Å². The minimum Gasteiger partial charge on any atom is -0.493 e. The van der Waals surface area contributed by atoms with Gasteiger partial charge in [0.1, 0.15) is 12.1 Å². The minimum absolute atomic E-state index is 0.0253. The molecule has 0 amide bonds. The number of carbonyl (C=O) groups excluding carboxylic acids is 2. The number of ether oxygens (including phenoxy) is 3. The number of piperidine rings is 1. The summed E-state index contributed by atoms with van der Waals surface area (Å²) in [6.45, 7) is 0. The average molecular weight is 400 g/mol. The van der Waals surface area contributed by atoms with Gasteiger partial charge in [-0.1, -0.05) is 0 Å². The lowest BCUT2D eigenvalue weighted by molar-refractivity contribution is -0.421. The molecular weight excluding hydrogens is 374 g/mol. The largest absolute Gasteiger partial charge is 0.493 e. The van der Waals surface area contributed by atoms with Crippen LogP contribution in [0.2, 0.25) is 0 Å². The van der Waals surface area contributed by atoms with E-state index in [1.807, 2.05) is 18.0 Å². The summed E-state index contributed by atoms with van der Waals surface area (Å²) in [5.74, 6) is 1.68. The zero-order chi connectivity index (χ0) is 20.7. The molecule has 5 rings (SSSR count). The van der Waals surface area contributed by atoms with E-state index in [1.54, 1.807) is 27.4 Å². The number of methoxy groups -OCH3 is 3. The summed E-state index contributed by atoms with van der Waals surface area (Å²) in [6, 6.07) is 1.99. The number of likely N-dealkylation sites (N-methyl/N-ethyl adjacent to an activating group) is 1. The zero-order valence-electron chi connectivity index (χ0n) is 17.3. The first-order chi connectivity index (χ1) is 14.0. The molecule has 0 aromatic heterocycles. The fraction of sp³-hybridized carbons (Fsp3) is 0.545. The Bertz CT molecular complexity index is 982. The van der Waals surface area contributed by atoms with Crippen molar-refractivity contribution in [2.45, 2.75) is 30.5 Å². The quantitative estimate of drug-likeness (QED) is 0.603. The predicted molar refractivity (Wildman–Crippen MR) is 105 cm³/mol. The smallest absolute Gasteiger partial charge is 0.370 e. The molecule has 1 aromatic carbocycles. The summed E-state index contributed by atoms with van der Waals surface area (Å²) in [7, 11) is 8.29. The summed E-state index contributed by atoms with van der Waals surface area (Å²) in [4.78, 5) is 14.8. The molecule has 2 fully saturated rings.